The van der Waals surface area contributed by atoms with Gasteiger partial charge < -0.3 is 0 Å². The molecule has 0 radical (unpaired) electrons. The number of carbonyl (C=O) groups excluding carboxylic acids is 1. The zero-order valence-electron chi connectivity index (χ0n) is 13.0. The van der Waals surface area contributed by atoms with Gasteiger partial charge in [0.15, 0.2) is 5.78 Å². The summed E-state index contributed by atoms with van der Waals surface area (Å²) in [6, 6.07) is 8.84. The lowest BCUT2D eigenvalue weighted by Crippen LogP contribution is -2.56. The fourth-order valence-corrected chi connectivity index (χ4v) is 3.89. The smallest absolute Gasteiger partial charge is 0.150 e. The molecule has 1 saturated carbocycles. The molecule has 1 aliphatic carbocycles. The average molecular weight is 291 g/mol. The van der Waals surface area contributed by atoms with Crippen LogP contribution in [0.2, 0.25) is 0 Å². The highest BCUT2D eigenvalue weighted by Gasteiger charge is 2.48. The molecule has 0 spiro atoms. The minimum absolute atomic E-state index is 0.0152. The molecule has 0 saturated heterocycles. The van der Waals surface area contributed by atoms with Crippen molar-refractivity contribution in [2.24, 2.45) is 0 Å². The summed E-state index contributed by atoms with van der Waals surface area (Å²) in [5.74, 6) is 0.364. The standard InChI is InChI=1S/C17H25NOS/c1-5-15(19)16(18(2)3)17(11-6-12-17)13-7-9-14(20-4)10-8-13/h7-10,16H,5-6,11-12H2,1-4H3. The van der Waals surface area contributed by atoms with Crippen molar-refractivity contribution < 1.29 is 4.79 Å². The summed E-state index contributed by atoms with van der Waals surface area (Å²) in [6.45, 7) is 1.97. The van der Waals surface area contributed by atoms with Gasteiger partial charge in [0.05, 0.1) is 6.04 Å². The molecule has 0 N–H and O–H groups in total. The molecule has 2 nitrogen and oxygen atoms in total. The van der Waals surface area contributed by atoms with Crippen LogP contribution in [0.5, 0.6) is 0 Å². The summed E-state index contributed by atoms with van der Waals surface area (Å²) in [4.78, 5) is 15.8. The van der Waals surface area contributed by atoms with Crippen molar-refractivity contribution in [1.82, 2.24) is 4.90 Å². The molecule has 3 heteroatoms. The van der Waals surface area contributed by atoms with Gasteiger partial charge in [-0.25, -0.2) is 0 Å². The molecule has 0 heterocycles. The highest BCUT2D eigenvalue weighted by atomic mass is 32.2. The minimum Gasteiger partial charge on any atom is -0.299 e. The number of ketones is 1. The summed E-state index contributed by atoms with van der Waals surface area (Å²) in [6.07, 6.45) is 6.19. The Balaban J connectivity index is 2.38. The van der Waals surface area contributed by atoms with E-state index in [4.69, 9.17) is 0 Å². The van der Waals surface area contributed by atoms with Crippen LogP contribution in [-0.2, 0) is 10.2 Å². The lowest BCUT2D eigenvalue weighted by Gasteiger charge is -2.50. The summed E-state index contributed by atoms with van der Waals surface area (Å²) >= 11 is 1.76. The normalized spacial score (nSPS) is 18.6. The van der Waals surface area contributed by atoms with Gasteiger partial charge in [0.2, 0.25) is 0 Å². The number of likely N-dealkylation sites (N-methyl/N-ethyl adjacent to an activating group) is 1. The number of rotatable bonds is 6. The molecule has 110 valence electrons. The van der Waals surface area contributed by atoms with Gasteiger partial charge in [-0.05, 0) is 50.9 Å². The first kappa shape index (κ1) is 15.6. The van der Waals surface area contributed by atoms with E-state index in [1.807, 2.05) is 21.0 Å². The highest BCUT2D eigenvalue weighted by molar-refractivity contribution is 7.98. The highest BCUT2D eigenvalue weighted by Crippen LogP contribution is 2.48. The van der Waals surface area contributed by atoms with Crippen LogP contribution in [0.3, 0.4) is 0 Å². The van der Waals surface area contributed by atoms with Crippen LogP contribution in [0.4, 0.5) is 0 Å². The predicted molar refractivity (Wildman–Crippen MR) is 86.5 cm³/mol. The quantitative estimate of drug-likeness (QED) is 0.745. The number of nitrogens with zero attached hydrogens (tertiary/aromatic N) is 1. The summed E-state index contributed by atoms with van der Waals surface area (Å²) in [5, 5.41) is 0. The Morgan fingerprint density at radius 1 is 1.30 bits per heavy atom. The molecule has 1 unspecified atom stereocenters. The maximum atomic E-state index is 12.4. The van der Waals surface area contributed by atoms with E-state index in [1.165, 1.54) is 16.9 Å². The molecule has 1 aromatic carbocycles. The third-order valence-electron chi connectivity index (χ3n) is 4.60. The Kier molecular flexibility index (Phi) is 4.92. The molecule has 0 bridgehead atoms. The number of Topliss-reactive ketones (excluding diaryl/α,β-unsaturated/α-hetero) is 1. The van der Waals surface area contributed by atoms with E-state index in [1.54, 1.807) is 11.8 Å². The van der Waals surface area contributed by atoms with Gasteiger partial charge in [-0.15, -0.1) is 11.8 Å². The van der Waals surface area contributed by atoms with Gasteiger partial charge in [-0.1, -0.05) is 25.5 Å². The second-order valence-corrected chi connectivity index (χ2v) is 6.80. The van der Waals surface area contributed by atoms with Gasteiger partial charge in [0.1, 0.15) is 0 Å². The predicted octanol–water partition coefficient (Wildman–Crippen LogP) is 3.74. The van der Waals surface area contributed by atoms with Crippen molar-refractivity contribution in [2.75, 3.05) is 20.4 Å². The molecule has 1 fully saturated rings. The first-order chi connectivity index (χ1) is 9.55. The van der Waals surface area contributed by atoms with E-state index in [9.17, 15) is 4.79 Å². The van der Waals surface area contributed by atoms with Crippen molar-refractivity contribution in [3.05, 3.63) is 29.8 Å². The van der Waals surface area contributed by atoms with Crippen LogP contribution >= 0.6 is 11.8 Å². The van der Waals surface area contributed by atoms with Crippen LogP contribution in [-0.4, -0.2) is 37.1 Å². The third kappa shape index (κ3) is 2.66. The lowest BCUT2D eigenvalue weighted by molar-refractivity contribution is -0.127. The van der Waals surface area contributed by atoms with Gasteiger partial charge in [0.25, 0.3) is 0 Å². The number of carbonyl (C=O) groups is 1. The Hall–Kier alpha value is -0.800. The topological polar surface area (TPSA) is 20.3 Å². The number of benzene rings is 1. The van der Waals surface area contributed by atoms with E-state index in [2.05, 4.69) is 35.4 Å². The molecular formula is C17H25NOS. The van der Waals surface area contributed by atoms with E-state index in [0.717, 1.165) is 12.8 Å². The van der Waals surface area contributed by atoms with Gasteiger partial charge in [0, 0.05) is 16.7 Å². The second-order valence-electron chi connectivity index (χ2n) is 5.92. The molecule has 1 atom stereocenters. The first-order valence-electron chi connectivity index (χ1n) is 7.39. The van der Waals surface area contributed by atoms with E-state index >= 15 is 0 Å². The van der Waals surface area contributed by atoms with Gasteiger partial charge in [-0.2, -0.15) is 0 Å². The van der Waals surface area contributed by atoms with Crippen LogP contribution in [0.15, 0.2) is 29.2 Å². The minimum atomic E-state index is 0.0152. The molecule has 1 aromatic rings. The fourth-order valence-electron chi connectivity index (χ4n) is 3.48. The van der Waals surface area contributed by atoms with E-state index in [-0.39, 0.29) is 11.5 Å². The lowest BCUT2D eigenvalue weighted by atomic mass is 9.58. The summed E-state index contributed by atoms with van der Waals surface area (Å²) in [7, 11) is 4.07. The van der Waals surface area contributed by atoms with Gasteiger partial charge >= 0.3 is 0 Å². The van der Waals surface area contributed by atoms with Crippen molar-refractivity contribution in [1.29, 1.82) is 0 Å². The Bertz CT molecular complexity index is 462. The number of thioether (sulfide) groups is 1. The molecule has 1 aliphatic rings. The monoisotopic (exact) mass is 291 g/mol. The average Bonchev–Trinajstić information content (AvgIpc) is 2.41. The first-order valence-corrected chi connectivity index (χ1v) is 8.61. The maximum Gasteiger partial charge on any atom is 0.150 e. The van der Waals surface area contributed by atoms with Crippen LogP contribution < -0.4 is 0 Å². The van der Waals surface area contributed by atoms with Crippen molar-refractivity contribution in [3.63, 3.8) is 0 Å². The Morgan fingerprint density at radius 3 is 2.25 bits per heavy atom. The summed E-state index contributed by atoms with van der Waals surface area (Å²) in [5.41, 5.74) is 1.37. The largest absolute Gasteiger partial charge is 0.299 e. The van der Waals surface area contributed by atoms with E-state index < -0.39 is 0 Å². The van der Waals surface area contributed by atoms with Crippen LogP contribution in [0.1, 0.15) is 38.2 Å². The molecule has 0 amide bonds. The summed E-state index contributed by atoms with van der Waals surface area (Å²) < 4.78 is 0. The Labute approximate surface area is 126 Å². The van der Waals surface area contributed by atoms with Crippen molar-refractivity contribution in [2.45, 2.75) is 49.0 Å². The number of hydrogen-bond donors (Lipinski definition) is 0. The molecule has 2 rings (SSSR count). The fraction of sp³-hybridized carbons (Fsp3) is 0.588. The zero-order valence-corrected chi connectivity index (χ0v) is 13.8. The molecular weight excluding hydrogens is 266 g/mol. The third-order valence-corrected chi connectivity index (χ3v) is 5.35. The van der Waals surface area contributed by atoms with Crippen molar-refractivity contribution in [3.8, 4) is 0 Å². The second kappa shape index (κ2) is 6.31. The van der Waals surface area contributed by atoms with Crippen LogP contribution in [0, 0.1) is 0 Å². The Morgan fingerprint density at radius 2 is 1.90 bits per heavy atom. The molecule has 0 aromatic heterocycles. The van der Waals surface area contributed by atoms with E-state index in [0.29, 0.717) is 12.2 Å². The van der Waals surface area contributed by atoms with Crippen LogP contribution in [0.25, 0.3) is 0 Å². The van der Waals surface area contributed by atoms with Gasteiger partial charge in [-0.3, -0.25) is 9.69 Å². The molecule has 0 aliphatic heterocycles. The molecule has 20 heavy (non-hydrogen) atoms. The zero-order chi connectivity index (χ0) is 14.8. The SMILES string of the molecule is CCC(=O)C(N(C)C)C1(c2ccc(SC)cc2)CCC1. The van der Waals surface area contributed by atoms with Crippen molar-refractivity contribution >= 4 is 17.5 Å². The maximum absolute atomic E-state index is 12.4. The number of hydrogen-bond acceptors (Lipinski definition) is 3.